The lowest BCUT2D eigenvalue weighted by atomic mass is 10.2. The highest BCUT2D eigenvalue weighted by Crippen LogP contribution is 2.44. The molecule has 0 heterocycles. The zero-order valence-corrected chi connectivity index (χ0v) is 12.0. The molecule has 0 saturated heterocycles. The summed E-state index contributed by atoms with van der Waals surface area (Å²) in [4.78, 5) is 11.6. The van der Waals surface area contributed by atoms with E-state index in [1.165, 1.54) is 0 Å². The van der Waals surface area contributed by atoms with Crippen molar-refractivity contribution in [1.29, 1.82) is 0 Å². The fourth-order valence-corrected chi connectivity index (χ4v) is 3.31. The van der Waals surface area contributed by atoms with Crippen LogP contribution in [0.1, 0.15) is 25.8 Å². The third kappa shape index (κ3) is 5.05. The summed E-state index contributed by atoms with van der Waals surface area (Å²) < 4.78 is 17.3. The summed E-state index contributed by atoms with van der Waals surface area (Å²) in [5.41, 5.74) is 0.972. The Morgan fingerprint density at radius 1 is 1.17 bits per heavy atom. The summed E-state index contributed by atoms with van der Waals surface area (Å²) >= 11 is 0. The maximum absolute atomic E-state index is 12.1. The number of benzene rings is 1. The molecular weight excluding hydrogens is 247 g/mol. The van der Waals surface area contributed by atoms with Crippen molar-refractivity contribution in [2.75, 3.05) is 18.5 Å². The van der Waals surface area contributed by atoms with Gasteiger partial charge >= 0.3 is 5.97 Å². The van der Waals surface area contributed by atoms with E-state index in [0.29, 0.717) is 25.1 Å². The van der Waals surface area contributed by atoms with Gasteiger partial charge in [-0.1, -0.05) is 44.2 Å². The molecule has 0 unspecified atom stereocenters. The molecular formula is C14H21O3P. The van der Waals surface area contributed by atoms with E-state index in [2.05, 4.69) is 0 Å². The first-order valence-corrected chi connectivity index (χ1v) is 8.62. The third-order valence-electron chi connectivity index (χ3n) is 3.12. The zero-order valence-electron chi connectivity index (χ0n) is 11.1. The summed E-state index contributed by atoms with van der Waals surface area (Å²) in [6.45, 7) is 4.13. The van der Waals surface area contributed by atoms with Gasteiger partial charge in [0.15, 0.2) is 0 Å². The Morgan fingerprint density at radius 2 is 1.78 bits per heavy atom. The molecule has 4 heteroatoms. The molecule has 0 aromatic heterocycles. The van der Waals surface area contributed by atoms with Gasteiger partial charge in [-0.25, -0.2) is 0 Å². The van der Waals surface area contributed by atoms with Gasteiger partial charge in [0.2, 0.25) is 0 Å². The molecule has 1 aromatic rings. The second-order valence-corrected chi connectivity index (χ2v) is 8.14. The van der Waals surface area contributed by atoms with Crippen molar-refractivity contribution in [2.24, 2.45) is 0 Å². The average molecular weight is 268 g/mol. The normalized spacial score (nSPS) is 11.2. The largest absolute Gasteiger partial charge is 0.461 e. The van der Waals surface area contributed by atoms with Gasteiger partial charge in [0.05, 0.1) is 13.6 Å². The average Bonchev–Trinajstić information content (AvgIpc) is 2.43. The summed E-state index contributed by atoms with van der Waals surface area (Å²) in [6.07, 6.45) is 2.05. The Hall–Kier alpha value is -1.08. The highest BCUT2D eigenvalue weighted by Gasteiger charge is 2.18. The minimum atomic E-state index is -2.13. The van der Waals surface area contributed by atoms with E-state index in [1.54, 1.807) is 0 Å². The van der Waals surface area contributed by atoms with Crippen LogP contribution in [-0.4, -0.2) is 24.5 Å². The van der Waals surface area contributed by atoms with Crippen molar-refractivity contribution in [1.82, 2.24) is 0 Å². The molecule has 0 aliphatic carbocycles. The molecule has 0 spiro atoms. The van der Waals surface area contributed by atoms with E-state index in [-0.39, 0.29) is 12.4 Å². The fourth-order valence-electron chi connectivity index (χ4n) is 1.65. The minimum Gasteiger partial charge on any atom is -0.461 e. The van der Waals surface area contributed by atoms with Gasteiger partial charge in [0.25, 0.3) is 0 Å². The lowest BCUT2D eigenvalue weighted by Gasteiger charge is -2.13. The van der Waals surface area contributed by atoms with Crippen LogP contribution in [0, 0.1) is 0 Å². The first-order valence-electron chi connectivity index (χ1n) is 6.36. The molecule has 0 bridgehead atoms. The number of carbonyl (C=O) groups is 1. The minimum absolute atomic E-state index is 0.256. The van der Waals surface area contributed by atoms with Gasteiger partial charge in [0.1, 0.15) is 6.61 Å². The van der Waals surface area contributed by atoms with Crippen LogP contribution in [0.25, 0.3) is 0 Å². The Kier molecular flexibility index (Phi) is 6.14. The molecule has 0 aliphatic heterocycles. The molecule has 0 saturated carbocycles. The van der Waals surface area contributed by atoms with Gasteiger partial charge in [0, 0.05) is 6.16 Å². The smallest absolute Gasteiger partial charge is 0.306 e. The summed E-state index contributed by atoms with van der Waals surface area (Å²) in [7, 11) is -2.13. The number of rotatable bonds is 7. The van der Waals surface area contributed by atoms with Gasteiger partial charge in [-0.3, -0.25) is 4.79 Å². The molecule has 18 heavy (non-hydrogen) atoms. The van der Waals surface area contributed by atoms with Gasteiger partial charge in [-0.05, 0) is 17.9 Å². The molecule has 0 N–H and O–H groups in total. The molecule has 0 amide bonds. The highest BCUT2D eigenvalue weighted by molar-refractivity contribution is 7.63. The molecule has 0 fully saturated rings. The summed E-state index contributed by atoms with van der Waals surface area (Å²) in [5, 5.41) is 0. The Labute approximate surface area is 109 Å². The van der Waals surface area contributed by atoms with E-state index in [0.717, 1.165) is 5.56 Å². The fraction of sp³-hybridized carbons (Fsp3) is 0.500. The van der Waals surface area contributed by atoms with E-state index < -0.39 is 7.14 Å². The SMILES string of the molecule is CCP(=O)(CC)CCC(=O)OCc1ccccc1. The van der Waals surface area contributed by atoms with E-state index in [1.807, 2.05) is 44.2 Å². The first-order chi connectivity index (χ1) is 8.59. The molecule has 1 aromatic carbocycles. The van der Waals surface area contributed by atoms with Crippen molar-refractivity contribution in [3.63, 3.8) is 0 Å². The monoisotopic (exact) mass is 268 g/mol. The predicted molar refractivity (Wildman–Crippen MR) is 74.4 cm³/mol. The standard InChI is InChI=1S/C14H21O3P/c1-3-18(16,4-2)11-10-14(15)17-12-13-8-6-5-7-9-13/h5-9H,3-4,10-12H2,1-2H3. The van der Waals surface area contributed by atoms with Crippen molar-refractivity contribution in [2.45, 2.75) is 26.9 Å². The van der Waals surface area contributed by atoms with Crippen molar-refractivity contribution >= 4 is 13.1 Å². The molecule has 0 radical (unpaired) electrons. The van der Waals surface area contributed by atoms with Gasteiger partial charge in [-0.15, -0.1) is 0 Å². The van der Waals surface area contributed by atoms with Gasteiger partial charge < -0.3 is 9.30 Å². The number of hydrogen-bond acceptors (Lipinski definition) is 3. The molecule has 100 valence electrons. The van der Waals surface area contributed by atoms with Crippen molar-refractivity contribution in [3.8, 4) is 0 Å². The molecule has 0 atom stereocenters. The first kappa shape index (κ1) is 15.0. The number of esters is 1. The second kappa shape index (κ2) is 7.38. The van der Waals surface area contributed by atoms with E-state index >= 15 is 0 Å². The highest BCUT2D eigenvalue weighted by atomic mass is 31.2. The molecule has 1 rings (SSSR count). The van der Waals surface area contributed by atoms with Crippen LogP contribution in [0.4, 0.5) is 0 Å². The van der Waals surface area contributed by atoms with E-state index in [9.17, 15) is 9.36 Å². The zero-order chi connectivity index (χ0) is 13.4. The van der Waals surface area contributed by atoms with E-state index in [4.69, 9.17) is 4.74 Å². The Balaban J connectivity index is 2.32. The molecule has 0 aliphatic rings. The third-order valence-corrected chi connectivity index (χ3v) is 6.46. The van der Waals surface area contributed by atoms with Crippen LogP contribution in [0.3, 0.4) is 0 Å². The van der Waals surface area contributed by atoms with Crippen LogP contribution in [-0.2, 0) is 20.7 Å². The van der Waals surface area contributed by atoms with Crippen LogP contribution in [0.2, 0.25) is 0 Å². The quantitative estimate of drug-likeness (QED) is 0.561. The summed E-state index contributed by atoms with van der Waals surface area (Å²) in [5.74, 6) is -0.263. The van der Waals surface area contributed by atoms with Crippen molar-refractivity contribution < 1.29 is 14.1 Å². The summed E-state index contributed by atoms with van der Waals surface area (Å²) in [6, 6.07) is 9.56. The number of ether oxygens (including phenoxy) is 1. The van der Waals surface area contributed by atoms with Crippen LogP contribution >= 0.6 is 7.14 Å². The lowest BCUT2D eigenvalue weighted by molar-refractivity contribution is -0.144. The van der Waals surface area contributed by atoms with Crippen molar-refractivity contribution in [3.05, 3.63) is 35.9 Å². The Morgan fingerprint density at radius 3 is 2.33 bits per heavy atom. The van der Waals surface area contributed by atoms with Gasteiger partial charge in [-0.2, -0.15) is 0 Å². The van der Waals surface area contributed by atoms with Crippen LogP contribution < -0.4 is 0 Å². The lowest BCUT2D eigenvalue weighted by Crippen LogP contribution is -2.08. The Bertz CT molecular complexity index is 406. The topological polar surface area (TPSA) is 43.4 Å². The maximum Gasteiger partial charge on any atom is 0.306 e. The predicted octanol–water partition coefficient (Wildman–Crippen LogP) is 3.52. The second-order valence-electron chi connectivity index (χ2n) is 4.31. The van der Waals surface area contributed by atoms with Crippen LogP contribution in [0.5, 0.6) is 0 Å². The number of hydrogen-bond donors (Lipinski definition) is 0. The van der Waals surface area contributed by atoms with Crippen LogP contribution in [0.15, 0.2) is 30.3 Å². The number of carbonyl (C=O) groups excluding carboxylic acids is 1. The molecule has 3 nitrogen and oxygen atoms in total. The maximum atomic E-state index is 12.1.